The van der Waals surface area contributed by atoms with E-state index in [-0.39, 0.29) is 29.3 Å². The molecule has 0 spiro atoms. The second kappa shape index (κ2) is 7.18. The van der Waals surface area contributed by atoms with Gasteiger partial charge in [0.1, 0.15) is 5.82 Å². The van der Waals surface area contributed by atoms with Crippen LogP contribution in [0.2, 0.25) is 0 Å². The van der Waals surface area contributed by atoms with Gasteiger partial charge in [0.15, 0.2) is 17.5 Å². The second-order valence-corrected chi connectivity index (χ2v) is 5.76. The van der Waals surface area contributed by atoms with Crippen molar-refractivity contribution < 1.29 is 22.0 Å². The van der Waals surface area contributed by atoms with Gasteiger partial charge in [-0.15, -0.1) is 0 Å². The van der Waals surface area contributed by atoms with E-state index in [2.05, 4.69) is 10.3 Å². The lowest BCUT2D eigenvalue weighted by Crippen LogP contribution is -2.20. The number of rotatable bonds is 4. The number of anilines is 2. The molecule has 140 valence electrons. The molecule has 0 aliphatic rings. The molecule has 0 fully saturated rings. The van der Waals surface area contributed by atoms with E-state index in [1.807, 2.05) is 0 Å². The number of halogens is 5. The smallest absolute Gasteiger partial charge is 0.310 e. The van der Waals surface area contributed by atoms with Crippen LogP contribution in [0, 0.1) is 36.0 Å². The maximum absolute atomic E-state index is 13.7. The average Bonchev–Trinajstić information content (AvgIpc) is 2.61. The summed E-state index contributed by atoms with van der Waals surface area (Å²) in [6, 6.07) is 5.64. The Morgan fingerprint density at radius 2 is 1.67 bits per heavy atom. The largest absolute Gasteiger partial charge is 0.325 e. The third-order valence-corrected chi connectivity index (χ3v) is 3.86. The van der Waals surface area contributed by atoms with Gasteiger partial charge in [-0.1, -0.05) is 6.07 Å². The van der Waals surface area contributed by atoms with Crippen molar-refractivity contribution in [3.8, 4) is 0 Å². The summed E-state index contributed by atoms with van der Waals surface area (Å²) in [6.45, 7) is 1.16. The standard InChI is InChI=1S/C18H12F5N3O/c1-9-11(19)3-2-4-15(9)24-18-25-17(27)14(22)8-26(18)7-10-5-12(20)16(23)13(21)6-10/h2-6,8H,7H2,1H3,(H,24,25,27). The molecule has 0 unspecified atom stereocenters. The highest BCUT2D eigenvalue weighted by Gasteiger charge is 2.14. The normalized spacial score (nSPS) is 10.9. The van der Waals surface area contributed by atoms with Gasteiger partial charge in [-0.2, -0.15) is 9.37 Å². The predicted octanol–water partition coefficient (Wildman–Crippen LogP) is 4.04. The quantitative estimate of drug-likeness (QED) is 0.548. The lowest BCUT2D eigenvalue weighted by Gasteiger charge is -2.16. The third-order valence-electron chi connectivity index (χ3n) is 3.86. The number of nitrogens with one attached hydrogen (secondary N) is 1. The third kappa shape index (κ3) is 3.81. The molecule has 1 N–H and O–H groups in total. The van der Waals surface area contributed by atoms with Gasteiger partial charge in [0.25, 0.3) is 0 Å². The van der Waals surface area contributed by atoms with Gasteiger partial charge >= 0.3 is 5.56 Å². The van der Waals surface area contributed by atoms with Gasteiger partial charge < -0.3 is 9.88 Å². The fourth-order valence-corrected chi connectivity index (χ4v) is 2.45. The highest BCUT2D eigenvalue weighted by Crippen LogP contribution is 2.22. The van der Waals surface area contributed by atoms with Gasteiger partial charge in [-0.3, -0.25) is 4.79 Å². The van der Waals surface area contributed by atoms with E-state index in [0.717, 1.165) is 22.9 Å². The van der Waals surface area contributed by atoms with Crippen molar-refractivity contribution in [2.45, 2.75) is 13.5 Å². The number of nitrogens with zero attached hydrogens (tertiary/aromatic N) is 2. The molecule has 27 heavy (non-hydrogen) atoms. The van der Waals surface area contributed by atoms with Crippen molar-refractivity contribution in [2.75, 3.05) is 5.32 Å². The summed E-state index contributed by atoms with van der Waals surface area (Å²) in [7, 11) is 0. The molecule has 9 heteroatoms. The van der Waals surface area contributed by atoms with Crippen molar-refractivity contribution in [3.05, 3.63) is 87.1 Å². The minimum Gasteiger partial charge on any atom is -0.325 e. The van der Waals surface area contributed by atoms with Gasteiger partial charge in [0.05, 0.1) is 6.54 Å². The molecule has 0 bridgehead atoms. The summed E-state index contributed by atoms with van der Waals surface area (Å²) in [6.07, 6.45) is 0.783. The van der Waals surface area contributed by atoms with Crippen LogP contribution in [0.25, 0.3) is 0 Å². The number of hydrogen-bond acceptors (Lipinski definition) is 3. The Morgan fingerprint density at radius 1 is 1.00 bits per heavy atom. The minimum atomic E-state index is -1.63. The molecule has 1 aromatic heterocycles. The van der Waals surface area contributed by atoms with Crippen molar-refractivity contribution in [2.24, 2.45) is 0 Å². The summed E-state index contributed by atoms with van der Waals surface area (Å²) in [5.41, 5.74) is -0.713. The molecule has 3 aromatic rings. The fraction of sp³-hybridized carbons (Fsp3) is 0.111. The topological polar surface area (TPSA) is 46.9 Å². The first-order valence-corrected chi connectivity index (χ1v) is 7.69. The predicted molar refractivity (Wildman–Crippen MR) is 88.3 cm³/mol. The molecule has 3 rings (SSSR count). The van der Waals surface area contributed by atoms with E-state index in [9.17, 15) is 26.7 Å². The van der Waals surface area contributed by atoms with E-state index in [0.29, 0.717) is 0 Å². The molecule has 0 amide bonds. The zero-order valence-corrected chi connectivity index (χ0v) is 13.9. The molecule has 0 saturated carbocycles. The second-order valence-electron chi connectivity index (χ2n) is 5.76. The summed E-state index contributed by atoms with van der Waals surface area (Å²) in [5, 5.41) is 2.69. The fourth-order valence-electron chi connectivity index (χ4n) is 2.45. The molecule has 0 aliphatic carbocycles. The minimum absolute atomic E-state index is 0.0322. The van der Waals surface area contributed by atoms with Crippen LogP contribution in [0.5, 0.6) is 0 Å². The lowest BCUT2D eigenvalue weighted by atomic mass is 10.2. The molecule has 0 atom stereocenters. The summed E-state index contributed by atoms with van der Waals surface area (Å²) < 4.78 is 68.3. The Kier molecular flexibility index (Phi) is 4.93. The Bertz CT molecular complexity index is 1060. The Morgan fingerprint density at radius 3 is 2.33 bits per heavy atom. The van der Waals surface area contributed by atoms with Crippen LogP contribution in [0.3, 0.4) is 0 Å². The monoisotopic (exact) mass is 381 g/mol. The van der Waals surface area contributed by atoms with Crippen molar-refractivity contribution in [1.82, 2.24) is 9.55 Å². The van der Waals surface area contributed by atoms with Crippen LogP contribution >= 0.6 is 0 Å². The molecule has 4 nitrogen and oxygen atoms in total. The summed E-state index contributed by atoms with van der Waals surface area (Å²) in [5.74, 6) is -6.33. The SMILES string of the molecule is Cc1c(F)cccc1Nc1nc(=O)c(F)cn1Cc1cc(F)c(F)c(F)c1. The molecule has 0 radical (unpaired) electrons. The summed E-state index contributed by atoms with van der Waals surface area (Å²) >= 11 is 0. The molecular weight excluding hydrogens is 369 g/mol. The highest BCUT2D eigenvalue weighted by atomic mass is 19.2. The Labute approximate surface area is 149 Å². The van der Waals surface area contributed by atoms with E-state index in [1.54, 1.807) is 0 Å². The van der Waals surface area contributed by atoms with Gasteiger partial charge in [-0.25, -0.2) is 17.6 Å². The maximum atomic E-state index is 13.7. The zero-order valence-electron chi connectivity index (χ0n) is 13.9. The van der Waals surface area contributed by atoms with Gasteiger partial charge in [-0.05, 0) is 36.8 Å². The molecule has 0 aliphatic heterocycles. The highest BCUT2D eigenvalue weighted by molar-refractivity contribution is 5.58. The van der Waals surface area contributed by atoms with Gasteiger partial charge in [0, 0.05) is 17.4 Å². The first-order valence-electron chi connectivity index (χ1n) is 7.69. The Hall–Kier alpha value is -3.23. The first kappa shape index (κ1) is 18.6. The maximum Gasteiger partial charge on any atom is 0.310 e. The van der Waals surface area contributed by atoms with Gasteiger partial charge in [0.2, 0.25) is 11.8 Å². The van der Waals surface area contributed by atoms with Crippen LogP contribution in [-0.4, -0.2) is 9.55 Å². The van der Waals surface area contributed by atoms with Crippen LogP contribution in [-0.2, 0) is 6.54 Å². The molecule has 0 saturated heterocycles. The first-order chi connectivity index (χ1) is 12.8. The summed E-state index contributed by atoms with van der Waals surface area (Å²) in [4.78, 5) is 15.1. The molecule has 1 heterocycles. The number of benzene rings is 2. The molecule has 2 aromatic carbocycles. The molecular formula is C18H12F5N3O. The van der Waals surface area contributed by atoms with E-state index < -0.39 is 34.6 Å². The number of aromatic nitrogens is 2. The van der Waals surface area contributed by atoms with Crippen LogP contribution in [0.15, 0.2) is 41.3 Å². The number of hydrogen-bond donors (Lipinski definition) is 1. The van der Waals surface area contributed by atoms with E-state index in [1.165, 1.54) is 25.1 Å². The van der Waals surface area contributed by atoms with Crippen LogP contribution in [0.1, 0.15) is 11.1 Å². The van der Waals surface area contributed by atoms with Crippen molar-refractivity contribution >= 4 is 11.6 Å². The van der Waals surface area contributed by atoms with Crippen LogP contribution < -0.4 is 10.9 Å². The van der Waals surface area contributed by atoms with E-state index in [4.69, 9.17) is 0 Å². The van der Waals surface area contributed by atoms with Crippen molar-refractivity contribution in [1.29, 1.82) is 0 Å². The average molecular weight is 381 g/mol. The van der Waals surface area contributed by atoms with E-state index >= 15 is 0 Å². The Balaban J connectivity index is 2.04. The van der Waals surface area contributed by atoms with Crippen LogP contribution in [0.4, 0.5) is 33.6 Å². The van der Waals surface area contributed by atoms with Crippen molar-refractivity contribution in [3.63, 3.8) is 0 Å². The lowest BCUT2D eigenvalue weighted by molar-refractivity contribution is 0.444. The zero-order chi connectivity index (χ0) is 19.7.